The predicted octanol–water partition coefficient (Wildman–Crippen LogP) is 3.54. The maximum absolute atomic E-state index is 13.0. The number of thiazole rings is 1. The smallest absolute Gasteiger partial charge is 0.244 e. The number of thioether (sulfide) groups is 1. The Hall–Kier alpha value is -2.20. The van der Waals surface area contributed by atoms with Crippen molar-refractivity contribution in [1.29, 1.82) is 0 Å². The highest BCUT2D eigenvalue weighted by Crippen LogP contribution is 2.28. The third-order valence-corrected chi connectivity index (χ3v) is 9.01. The number of aromatic nitrogens is 1. The fraction of sp³-hybridized carbons (Fsp3) is 0.273. The molecule has 0 radical (unpaired) electrons. The highest BCUT2D eigenvalue weighted by molar-refractivity contribution is 8.00. The van der Waals surface area contributed by atoms with Crippen molar-refractivity contribution in [2.24, 2.45) is 0 Å². The van der Waals surface area contributed by atoms with Crippen LogP contribution in [0.4, 0.5) is 0 Å². The number of amides is 1. The highest BCUT2D eigenvalue weighted by Gasteiger charge is 2.39. The number of benzene rings is 2. The monoisotopic (exact) mass is 473 g/mol. The molecule has 1 saturated heterocycles. The quantitative estimate of drug-likeness (QED) is 0.568. The van der Waals surface area contributed by atoms with Crippen LogP contribution in [-0.2, 0) is 21.2 Å². The van der Waals surface area contributed by atoms with Gasteiger partial charge in [-0.15, -0.1) is 23.1 Å². The molecule has 1 aliphatic rings. The minimum atomic E-state index is -3.71. The summed E-state index contributed by atoms with van der Waals surface area (Å²) in [6.07, 6.45) is 0.597. The fourth-order valence-corrected chi connectivity index (χ4v) is 7.29. The molecule has 1 atom stereocenters. The minimum absolute atomic E-state index is 0.217. The van der Waals surface area contributed by atoms with Crippen molar-refractivity contribution in [2.75, 3.05) is 18.2 Å². The Bertz CT molecular complexity index is 1150. The number of aryl methyl sites for hydroxylation is 1. The van der Waals surface area contributed by atoms with Crippen molar-refractivity contribution < 1.29 is 13.2 Å². The van der Waals surface area contributed by atoms with Crippen molar-refractivity contribution in [3.05, 3.63) is 71.2 Å². The first-order valence-corrected chi connectivity index (χ1v) is 13.4. The minimum Gasteiger partial charge on any atom is -0.354 e. The Morgan fingerprint density at radius 1 is 1.16 bits per heavy atom. The summed E-state index contributed by atoms with van der Waals surface area (Å²) in [5, 5.41) is 5.83. The molecule has 1 fully saturated rings. The molecule has 1 aliphatic heterocycles. The van der Waals surface area contributed by atoms with Crippen LogP contribution in [0.25, 0.3) is 10.6 Å². The van der Waals surface area contributed by atoms with Crippen LogP contribution in [-0.4, -0.2) is 47.8 Å². The van der Waals surface area contributed by atoms with Crippen molar-refractivity contribution in [2.45, 2.75) is 24.3 Å². The largest absolute Gasteiger partial charge is 0.354 e. The normalized spacial score (nSPS) is 17.0. The van der Waals surface area contributed by atoms with E-state index in [0.717, 1.165) is 21.8 Å². The van der Waals surface area contributed by atoms with Gasteiger partial charge in [-0.2, -0.15) is 4.31 Å². The van der Waals surface area contributed by atoms with Crippen molar-refractivity contribution in [1.82, 2.24) is 14.6 Å². The Morgan fingerprint density at radius 3 is 2.65 bits per heavy atom. The second-order valence-electron chi connectivity index (χ2n) is 7.27. The van der Waals surface area contributed by atoms with Gasteiger partial charge < -0.3 is 5.32 Å². The van der Waals surface area contributed by atoms with E-state index in [1.807, 2.05) is 42.6 Å². The number of hydrogen-bond donors (Lipinski definition) is 1. The van der Waals surface area contributed by atoms with Crippen molar-refractivity contribution >= 4 is 39.0 Å². The lowest BCUT2D eigenvalue weighted by Gasteiger charge is -2.22. The zero-order valence-corrected chi connectivity index (χ0v) is 19.5. The average Bonchev–Trinajstić information content (AvgIpc) is 3.45. The summed E-state index contributed by atoms with van der Waals surface area (Å²) >= 11 is 3.02. The molecule has 3 aromatic rings. The number of carbonyl (C=O) groups is 1. The highest BCUT2D eigenvalue weighted by atomic mass is 32.2. The molecule has 1 unspecified atom stereocenters. The van der Waals surface area contributed by atoms with Gasteiger partial charge in [-0.05, 0) is 19.1 Å². The van der Waals surface area contributed by atoms with Crippen LogP contribution in [0.3, 0.4) is 0 Å². The van der Waals surface area contributed by atoms with Crippen LogP contribution >= 0.6 is 23.1 Å². The van der Waals surface area contributed by atoms with E-state index < -0.39 is 16.1 Å². The van der Waals surface area contributed by atoms with E-state index in [-0.39, 0.29) is 16.7 Å². The van der Waals surface area contributed by atoms with Gasteiger partial charge in [0.2, 0.25) is 15.9 Å². The van der Waals surface area contributed by atoms with E-state index in [2.05, 4.69) is 10.3 Å². The van der Waals surface area contributed by atoms with Crippen LogP contribution in [0.2, 0.25) is 0 Å². The lowest BCUT2D eigenvalue weighted by molar-refractivity contribution is -0.123. The number of carbonyl (C=O) groups excluding carboxylic acids is 1. The van der Waals surface area contributed by atoms with E-state index in [4.69, 9.17) is 0 Å². The molecule has 31 heavy (non-hydrogen) atoms. The molecule has 2 aromatic carbocycles. The molecule has 4 rings (SSSR count). The van der Waals surface area contributed by atoms with Gasteiger partial charge in [0, 0.05) is 29.7 Å². The van der Waals surface area contributed by atoms with E-state index in [9.17, 15) is 13.2 Å². The number of nitrogens with one attached hydrogen (secondary N) is 1. The van der Waals surface area contributed by atoms with Gasteiger partial charge in [-0.3, -0.25) is 4.79 Å². The second kappa shape index (κ2) is 9.52. The summed E-state index contributed by atoms with van der Waals surface area (Å²) in [7, 11) is -3.71. The Kier molecular flexibility index (Phi) is 6.76. The summed E-state index contributed by atoms with van der Waals surface area (Å²) in [6, 6.07) is 16.0. The molecule has 9 heteroatoms. The van der Waals surface area contributed by atoms with Gasteiger partial charge in [0.15, 0.2) is 0 Å². The molecule has 0 aliphatic carbocycles. The molecule has 0 bridgehead atoms. The molecule has 1 N–H and O–H groups in total. The fourth-order valence-electron chi connectivity index (χ4n) is 3.28. The molecule has 162 valence electrons. The third kappa shape index (κ3) is 5.01. The average molecular weight is 474 g/mol. The van der Waals surface area contributed by atoms with Crippen LogP contribution in [0.15, 0.2) is 64.9 Å². The first-order valence-electron chi connectivity index (χ1n) is 9.89. The van der Waals surface area contributed by atoms with E-state index in [1.54, 1.807) is 35.6 Å². The maximum atomic E-state index is 13.0. The summed E-state index contributed by atoms with van der Waals surface area (Å²) in [5.74, 6) is 0.464. The third-order valence-electron chi connectivity index (χ3n) is 5.02. The Morgan fingerprint density at radius 2 is 1.90 bits per heavy atom. The molecule has 0 spiro atoms. The van der Waals surface area contributed by atoms with Crippen LogP contribution < -0.4 is 5.32 Å². The summed E-state index contributed by atoms with van der Waals surface area (Å²) in [6.45, 7) is 2.32. The molecule has 1 aromatic heterocycles. The predicted molar refractivity (Wildman–Crippen MR) is 126 cm³/mol. The topological polar surface area (TPSA) is 79.4 Å². The van der Waals surface area contributed by atoms with Gasteiger partial charge in [0.05, 0.1) is 16.5 Å². The SMILES string of the molecule is Cc1ccc(S(=O)(=O)N2CSCC2C(=O)NCCc2csc(-c3ccccc3)n2)cc1. The molecule has 0 saturated carbocycles. The van der Waals surface area contributed by atoms with Gasteiger partial charge in [0.1, 0.15) is 11.0 Å². The Balaban J connectivity index is 1.36. The lowest BCUT2D eigenvalue weighted by Crippen LogP contribution is -2.47. The Labute approximate surface area is 190 Å². The first-order chi connectivity index (χ1) is 14.9. The first kappa shape index (κ1) is 22.0. The number of sulfonamides is 1. The lowest BCUT2D eigenvalue weighted by atomic mass is 10.2. The number of hydrogen-bond acceptors (Lipinski definition) is 6. The summed E-state index contributed by atoms with van der Waals surface area (Å²) in [5.41, 5.74) is 2.97. The number of rotatable bonds is 7. The standard InChI is InChI=1S/C22H23N3O3S3/c1-16-7-9-19(10-8-16)31(27,28)25-15-29-14-20(25)21(26)23-12-11-18-13-30-22(24-18)17-5-3-2-4-6-17/h2-10,13,20H,11-12,14-15H2,1H3,(H,23,26). The van der Waals surface area contributed by atoms with Crippen molar-refractivity contribution in [3.8, 4) is 10.6 Å². The van der Waals surface area contributed by atoms with E-state index in [1.165, 1.54) is 16.1 Å². The van der Waals surface area contributed by atoms with Crippen LogP contribution in [0, 0.1) is 6.92 Å². The van der Waals surface area contributed by atoms with Crippen LogP contribution in [0.5, 0.6) is 0 Å². The molecular weight excluding hydrogens is 450 g/mol. The molecular formula is C22H23N3O3S3. The van der Waals surface area contributed by atoms with Gasteiger partial charge in [0.25, 0.3) is 0 Å². The molecule has 2 heterocycles. The van der Waals surface area contributed by atoms with Gasteiger partial charge in [-0.1, -0.05) is 48.0 Å². The van der Waals surface area contributed by atoms with Gasteiger partial charge in [-0.25, -0.2) is 13.4 Å². The number of nitrogens with zero attached hydrogens (tertiary/aromatic N) is 2. The van der Waals surface area contributed by atoms with Gasteiger partial charge >= 0.3 is 0 Å². The summed E-state index contributed by atoms with van der Waals surface area (Å²) < 4.78 is 27.3. The molecule has 6 nitrogen and oxygen atoms in total. The van der Waals surface area contributed by atoms with Crippen LogP contribution in [0.1, 0.15) is 11.3 Å². The zero-order valence-electron chi connectivity index (χ0n) is 17.0. The molecule has 1 amide bonds. The van der Waals surface area contributed by atoms with E-state index in [0.29, 0.717) is 18.7 Å². The zero-order chi connectivity index (χ0) is 21.8. The second-order valence-corrected chi connectivity index (χ2v) is 11.0. The van der Waals surface area contributed by atoms with Crippen molar-refractivity contribution in [3.63, 3.8) is 0 Å². The maximum Gasteiger partial charge on any atom is 0.244 e. The summed E-state index contributed by atoms with van der Waals surface area (Å²) in [4.78, 5) is 17.6. The van der Waals surface area contributed by atoms with E-state index >= 15 is 0 Å².